The van der Waals surface area contributed by atoms with E-state index in [1.54, 1.807) is 13.0 Å². The van der Waals surface area contributed by atoms with Crippen molar-refractivity contribution in [1.29, 1.82) is 0 Å². The molecule has 2 rings (SSSR count). The number of aromatic nitrogens is 1. The van der Waals surface area contributed by atoms with E-state index in [4.69, 9.17) is 0 Å². The molecule has 0 radical (unpaired) electrons. The summed E-state index contributed by atoms with van der Waals surface area (Å²) in [4.78, 5) is 16.6. The molecule has 0 aliphatic heterocycles. The molecule has 1 aromatic heterocycles. The van der Waals surface area contributed by atoms with Crippen molar-refractivity contribution >= 4 is 26.6 Å². The van der Waals surface area contributed by atoms with Crippen molar-refractivity contribution in [1.82, 2.24) is 10.3 Å². The molecule has 0 saturated carbocycles. The number of fused-ring (bicyclic) bond motifs is 1. The summed E-state index contributed by atoms with van der Waals surface area (Å²) in [6, 6.07) is 7.59. The van der Waals surface area contributed by atoms with Gasteiger partial charge in [-0.2, -0.15) is 0 Å². The highest BCUT2D eigenvalue weighted by molar-refractivity contribution is 7.90. The first kappa shape index (κ1) is 15.4. The SMILES string of the molecule is Cc1nc2c(C)cccc2cc1C(=O)NCCS(C)(=O)=O. The molecule has 1 amide bonds. The summed E-state index contributed by atoms with van der Waals surface area (Å²) in [6.07, 6.45) is 1.14. The van der Waals surface area contributed by atoms with Gasteiger partial charge in [0.25, 0.3) is 5.91 Å². The highest BCUT2D eigenvalue weighted by Crippen LogP contribution is 2.19. The van der Waals surface area contributed by atoms with Crippen molar-refractivity contribution < 1.29 is 13.2 Å². The molecule has 1 heterocycles. The Labute approximate surface area is 124 Å². The summed E-state index contributed by atoms with van der Waals surface area (Å²) in [7, 11) is -3.08. The van der Waals surface area contributed by atoms with Crippen LogP contribution in [0.15, 0.2) is 24.3 Å². The third-order valence-electron chi connectivity index (χ3n) is 3.24. The number of pyridine rings is 1. The van der Waals surface area contributed by atoms with E-state index in [9.17, 15) is 13.2 Å². The number of para-hydroxylation sites is 1. The molecule has 0 atom stereocenters. The third kappa shape index (κ3) is 3.78. The average Bonchev–Trinajstić information content (AvgIpc) is 2.37. The molecule has 6 heteroatoms. The molecule has 0 spiro atoms. The first-order valence-corrected chi connectivity index (χ1v) is 8.67. The Morgan fingerprint density at radius 2 is 2.00 bits per heavy atom. The van der Waals surface area contributed by atoms with Crippen molar-refractivity contribution in [2.75, 3.05) is 18.6 Å². The Morgan fingerprint density at radius 3 is 2.67 bits per heavy atom. The van der Waals surface area contributed by atoms with Crippen LogP contribution >= 0.6 is 0 Å². The number of hydrogen-bond acceptors (Lipinski definition) is 4. The van der Waals surface area contributed by atoms with Gasteiger partial charge in [-0.3, -0.25) is 9.78 Å². The lowest BCUT2D eigenvalue weighted by Gasteiger charge is -2.09. The maximum atomic E-state index is 12.1. The van der Waals surface area contributed by atoms with Crippen LogP contribution in [-0.2, 0) is 9.84 Å². The molecular formula is C15H18N2O3S. The van der Waals surface area contributed by atoms with Crippen LogP contribution < -0.4 is 5.32 Å². The maximum Gasteiger partial charge on any atom is 0.253 e. The van der Waals surface area contributed by atoms with E-state index in [1.165, 1.54) is 0 Å². The largest absolute Gasteiger partial charge is 0.351 e. The first-order chi connectivity index (χ1) is 9.78. The highest BCUT2D eigenvalue weighted by Gasteiger charge is 2.13. The minimum Gasteiger partial charge on any atom is -0.351 e. The monoisotopic (exact) mass is 306 g/mol. The van der Waals surface area contributed by atoms with Gasteiger partial charge >= 0.3 is 0 Å². The van der Waals surface area contributed by atoms with Crippen molar-refractivity contribution in [2.45, 2.75) is 13.8 Å². The van der Waals surface area contributed by atoms with Gasteiger partial charge in [0.2, 0.25) is 0 Å². The summed E-state index contributed by atoms with van der Waals surface area (Å²) < 4.78 is 22.1. The quantitative estimate of drug-likeness (QED) is 0.931. The molecule has 0 fully saturated rings. The zero-order chi connectivity index (χ0) is 15.6. The van der Waals surface area contributed by atoms with Gasteiger partial charge in [-0.05, 0) is 25.5 Å². The van der Waals surface area contributed by atoms with E-state index < -0.39 is 9.84 Å². The van der Waals surface area contributed by atoms with Gasteiger partial charge in [0.15, 0.2) is 0 Å². The van der Waals surface area contributed by atoms with Crippen LogP contribution in [0.2, 0.25) is 0 Å². The van der Waals surface area contributed by atoms with Gasteiger partial charge in [-0.1, -0.05) is 18.2 Å². The number of aryl methyl sites for hydroxylation is 2. The van der Waals surface area contributed by atoms with E-state index in [2.05, 4.69) is 10.3 Å². The predicted octanol–water partition coefficient (Wildman–Crippen LogP) is 1.63. The second-order valence-corrected chi connectivity index (χ2v) is 7.41. The minimum atomic E-state index is -3.08. The summed E-state index contributed by atoms with van der Waals surface area (Å²) in [5.74, 6) is -0.371. The molecule has 0 bridgehead atoms. The van der Waals surface area contributed by atoms with Gasteiger partial charge in [0, 0.05) is 18.2 Å². The number of benzene rings is 1. The van der Waals surface area contributed by atoms with Gasteiger partial charge in [-0.15, -0.1) is 0 Å². The summed E-state index contributed by atoms with van der Waals surface area (Å²) in [5, 5.41) is 3.51. The van der Waals surface area contributed by atoms with E-state index in [0.29, 0.717) is 11.3 Å². The van der Waals surface area contributed by atoms with Crippen LogP contribution in [0, 0.1) is 13.8 Å². The number of carbonyl (C=O) groups excluding carboxylic acids is 1. The molecule has 2 aromatic rings. The van der Waals surface area contributed by atoms with E-state index in [1.807, 2.05) is 25.1 Å². The second kappa shape index (κ2) is 5.81. The maximum absolute atomic E-state index is 12.1. The third-order valence-corrected chi connectivity index (χ3v) is 4.19. The van der Waals surface area contributed by atoms with Gasteiger partial charge in [0.1, 0.15) is 9.84 Å². The number of nitrogens with zero attached hydrogens (tertiary/aromatic N) is 1. The molecule has 21 heavy (non-hydrogen) atoms. The molecule has 1 N–H and O–H groups in total. The van der Waals surface area contributed by atoms with Crippen molar-refractivity contribution in [3.8, 4) is 0 Å². The van der Waals surface area contributed by atoms with Gasteiger partial charge in [-0.25, -0.2) is 8.42 Å². The Bertz CT molecular complexity index is 798. The summed E-state index contributed by atoms with van der Waals surface area (Å²) >= 11 is 0. The van der Waals surface area contributed by atoms with Crippen molar-refractivity contribution in [2.24, 2.45) is 0 Å². The van der Waals surface area contributed by atoms with Crippen LogP contribution in [0.4, 0.5) is 0 Å². The van der Waals surface area contributed by atoms with E-state index >= 15 is 0 Å². The fraction of sp³-hybridized carbons (Fsp3) is 0.333. The van der Waals surface area contributed by atoms with E-state index in [-0.39, 0.29) is 18.2 Å². The number of sulfone groups is 1. The van der Waals surface area contributed by atoms with Crippen LogP contribution in [0.1, 0.15) is 21.6 Å². The molecule has 1 aromatic carbocycles. The minimum absolute atomic E-state index is 0.0715. The Morgan fingerprint density at radius 1 is 1.29 bits per heavy atom. The normalized spacial score (nSPS) is 11.6. The lowest BCUT2D eigenvalue weighted by molar-refractivity contribution is 0.0955. The lowest BCUT2D eigenvalue weighted by Crippen LogP contribution is -2.29. The number of carbonyl (C=O) groups is 1. The Hall–Kier alpha value is -1.95. The smallest absolute Gasteiger partial charge is 0.253 e. The van der Waals surface area contributed by atoms with Crippen LogP contribution in [0.3, 0.4) is 0 Å². The van der Waals surface area contributed by atoms with E-state index in [0.717, 1.165) is 22.7 Å². The average molecular weight is 306 g/mol. The van der Waals surface area contributed by atoms with Crippen LogP contribution in [-0.4, -0.2) is 37.9 Å². The first-order valence-electron chi connectivity index (χ1n) is 6.61. The molecule has 0 aliphatic rings. The Kier molecular flexibility index (Phi) is 4.27. The van der Waals surface area contributed by atoms with Crippen LogP contribution in [0.5, 0.6) is 0 Å². The van der Waals surface area contributed by atoms with Crippen molar-refractivity contribution in [3.05, 3.63) is 41.1 Å². The molecular weight excluding hydrogens is 288 g/mol. The standard InChI is InChI=1S/C15H18N2O3S/c1-10-5-4-6-12-9-13(11(2)17-14(10)12)15(18)16-7-8-21(3,19)20/h4-6,9H,7-8H2,1-3H3,(H,16,18). The van der Waals surface area contributed by atoms with Gasteiger partial charge in [0.05, 0.1) is 22.5 Å². The summed E-state index contributed by atoms with van der Waals surface area (Å²) in [5.41, 5.74) is 3.04. The molecule has 0 unspecified atom stereocenters. The van der Waals surface area contributed by atoms with Crippen LogP contribution in [0.25, 0.3) is 10.9 Å². The number of nitrogens with one attached hydrogen (secondary N) is 1. The predicted molar refractivity (Wildman–Crippen MR) is 83.3 cm³/mol. The van der Waals surface area contributed by atoms with Gasteiger partial charge < -0.3 is 5.32 Å². The fourth-order valence-corrected chi connectivity index (χ4v) is 2.59. The number of rotatable bonds is 4. The number of hydrogen-bond donors (Lipinski definition) is 1. The number of amides is 1. The fourth-order valence-electron chi connectivity index (χ4n) is 2.11. The highest BCUT2D eigenvalue weighted by atomic mass is 32.2. The van der Waals surface area contributed by atoms with Crippen molar-refractivity contribution in [3.63, 3.8) is 0 Å². The topological polar surface area (TPSA) is 76.1 Å². The zero-order valence-electron chi connectivity index (χ0n) is 12.3. The summed E-state index contributed by atoms with van der Waals surface area (Å²) in [6.45, 7) is 3.85. The Balaban J connectivity index is 2.25. The molecule has 5 nitrogen and oxygen atoms in total. The molecule has 0 saturated heterocycles. The molecule has 0 aliphatic carbocycles. The zero-order valence-corrected chi connectivity index (χ0v) is 13.1. The lowest BCUT2D eigenvalue weighted by atomic mass is 10.1. The molecule has 112 valence electrons. The second-order valence-electron chi connectivity index (χ2n) is 5.15.